The number of piperidine rings is 1. The van der Waals surface area contributed by atoms with Gasteiger partial charge in [-0.05, 0) is 74.9 Å². The van der Waals surface area contributed by atoms with Gasteiger partial charge in [-0.1, -0.05) is 31.5 Å². The first-order valence-electron chi connectivity index (χ1n) is 12.3. The number of methoxy groups -OCH3 is 1. The van der Waals surface area contributed by atoms with E-state index in [1.54, 1.807) is 31.4 Å². The van der Waals surface area contributed by atoms with Crippen molar-refractivity contribution >= 4 is 17.7 Å². The van der Waals surface area contributed by atoms with E-state index in [1.165, 1.54) is 0 Å². The highest BCUT2D eigenvalue weighted by Crippen LogP contribution is 2.24. The van der Waals surface area contributed by atoms with E-state index >= 15 is 0 Å². The van der Waals surface area contributed by atoms with E-state index in [9.17, 15) is 14.4 Å². The standard InChI is InChI=1S/C28H37N3O4/c1-18(2)20(4)29-27(33)25(30-26(32)22-9-11-24(35-5)12-10-22)21-13-15-31(16-14-21)28(34)23-8-6-7-19(3)17-23/h6-12,17-18,20-21,25H,13-16H2,1-5H3,(H,29,33)(H,30,32)/t20-,25-/m0/s1. The maximum Gasteiger partial charge on any atom is 0.253 e. The lowest BCUT2D eigenvalue weighted by atomic mass is 9.87. The Balaban J connectivity index is 1.71. The highest BCUT2D eigenvalue weighted by atomic mass is 16.5. The van der Waals surface area contributed by atoms with Crippen molar-refractivity contribution < 1.29 is 19.1 Å². The van der Waals surface area contributed by atoms with Gasteiger partial charge in [-0.15, -0.1) is 0 Å². The number of likely N-dealkylation sites (tertiary alicyclic amines) is 1. The molecule has 188 valence electrons. The molecule has 1 fully saturated rings. The SMILES string of the molecule is COc1ccc(C(=O)N[C@H](C(=O)N[C@@H](C)C(C)C)C2CCN(C(=O)c3cccc(C)c3)CC2)cc1. The van der Waals surface area contributed by atoms with E-state index in [-0.39, 0.29) is 35.6 Å². The van der Waals surface area contributed by atoms with Crippen LogP contribution in [-0.4, -0.2) is 54.9 Å². The molecule has 7 nitrogen and oxygen atoms in total. The summed E-state index contributed by atoms with van der Waals surface area (Å²) in [5.74, 6) is 0.375. The maximum absolute atomic E-state index is 13.3. The zero-order valence-electron chi connectivity index (χ0n) is 21.3. The van der Waals surface area contributed by atoms with Crippen LogP contribution in [0.5, 0.6) is 5.75 Å². The smallest absolute Gasteiger partial charge is 0.253 e. The summed E-state index contributed by atoms with van der Waals surface area (Å²) in [5, 5.41) is 6.04. The Hall–Kier alpha value is -3.35. The Morgan fingerprint density at radius 2 is 1.60 bits per heavy atom. The fourth-order valence-electron chi connectivity index (χ4n) is 4.24. The molecule has 3 rings (SSSR count). The van der Waals surface area contributed by atoms with Crippen LogP contribution in [0, 0.1) is 18.8 Å². The van der Waals surface area contributed by atoms with Gasteiger partial charge < -0.3 is 20.3 Å². The fraction of sp³-hybridized carbons (Fsp3) is 0.464. The van der Waals surface area contributed by atoms with Crippen LogP contribution < -0.4 is 15.4 Å². The van der Waals surface area contributed by atoms with Gasteiger partial charge in [-0.3, -0.25) is 14.4 Å². The minimum absolute atomic E-state index is 0.00356. The molecule has 2 aromatic rings. The number of aryl methyl sites for hydroxylation is 1. The lowest BCUT2D eigenvalue weighted by Gasteiger charge is -2.36. The van der Waals surface area contributed by atoms with Gasteiger partial charge in [0.25, 0.3) is 11.8 Å². The Labute approximate surface area is 208 Å². The summed E-state index contributed by atoms with van der Waals surface area (Å²) in [6.45, 7) is 9.11. The number of carbonyl (C=O) groups is 3. The van der Waals surface area contributed by atoms with E-state index in [0.717, 1.165) is 5.56 Å². The molecular weight excluding hydrogens is 442 g/mol. The number of carbonyl (C=O) groups excluding carboxylic acids is 3. The van der Waals surface area contributed by atoms with Crippen molar-refractivity contribution in [2.24, 2.45) is 11.8 Å². The number of hydrogen-bond donors (Lipinski definition) is 2. The number of nitrogens with zero attached hydrogens (tertiary/aromatic N) is 1. The third kappa shape index (κ3) is 6.84. The van der Waals surface area contributed by atoms with Crippen LogP contribution in [0.3, 0.4) is 0 Å². The highest BCUT2D eigenvalue weighted by molar-refractivity contribution is 5.98. The lowest BCUT2D eigenvalue weighted by molar-refractivity contribution is -0.125. The number of amides is 3. The molecule has 0 aliphatic carbocycles. The van der Waals surface area contributed by atoms with Gasteiger partial charge in [-0.25, -0.2) is 0 Å². The monoisotopic (exact) mass is 479 g/mol. The first kappa shape index (κ1) is 26.3. The minimum atomic E-state index is -0.679. The molecule has 2 N–H and O–H groups in total. The molecule has 0 bridgehead atoms. The summed E-state index contributed by atoms with van der Waals surface area (Å²) < 4.78 is 5.17. The number of rotatable bonds is 8. The van der Waals surface area contributed by atoms with Crippen molar-refractivity contribution in [3.63, 3.8) is 0 Å². The Kier molecular flexibility index (Phi) is 8.90. The molecule has 1 aliphatic rings. The molecule has 1 saturated heterocycles. The van der Waals surface area contributed by atoms with Crippen LogP contribution in [0.1, 0.15) is 59.9 Å². The number of hydrogen-bond acceptors (Lipinski definition) is 4. The molecule has 0 spiro atoms. The van der Waals surface area contributed by atoms with Crippen LogP contribution >= 0.6 is 0 Å². The summed E-state index contributed by atoms with van der Waals surface area (Å²) >= 11 is 0. The van der Waals surface area contributed by atoms with Crippen LogP contribution in [0.4, 0.5) is 0 Å². The average molecular weight is 480 g/mol. The molecule has 0 aromatic heterocycles. The lowest BCUT2D eigenvalue weighted by Crippen LogP contribution is -2.55. The van der Waals surface area contributed by atoms with Crippen molar-refractivity contribution in [2.45, 2.75) is 52.6 Å². The predicted octanol–water partition coefficient (Wildman–Crippen LogP) is 3.82. The molecule has 3 amide bonds. The molecule has 0 saturated carbocycles. The molecule has 2 aromatic carbocycles. The van der Waals surface area contributed by atoms with E-state index in [1.807, 2.05) is 56.9 Å². The second kappa shape index (κ2) is 11.9. The summed E-state index contributed by atoms with van der Waals surface area (Å²) in [4.78, 5) is 41.1. The number of benzene rings is 2. The van der Waals surface area contributed by atoms with Crippen molar-refractivity contribution in [3.8, 4) is 5.75 Å². The molecule has 0 radical (unpaired) electrons. The summed E-state index contributed by atoms with van der Waals surface area (Å²) in [7, 11) is 1.57. The van der Waals surface area contributed by atoms with E-state index in [0.29, 0.717) is 42.8 Å². The minimum Gasteiger partial charge on any atom is -0.497 e. The third-order valence-corrected chi connectivity index (χ3v) is 6.85. The summed E-state index contributed by atoms with van der Waals surface area (Å²) in [6.07, 6.45) is 1.27. The van der Waals surface area contributed by atoms with E-state index in [4.69, 9.17) is 4.74 Å². The fourth-order valence-corrected chi connectivity index (χ4v) is 4.24. The van der Waals surface area contributed by atoms with Crippen molar-refractivity contribution in [2.75, 3.05) is 20.2 Å². The molecule has 7 heteroatoms. The topological polar surface area (TPSA) is 87.7 Å². The first-order chi connectivity index (χ1) is 16.7. The van der Waals surface area contributed by atoms with Gasteiger partial charge >= 0.3 is 0 Å². The number of ether oxygens (including phenoxy) is 1. The molecule has 1 aliphatic heterocycles. The quantitative estimate of drug-likeness (QED) is 0.603. The van der Waals surface area contributed by atoms with Crippen LogP contribution in [0.25, 0.3) is 0 Å². The van der Waals surface area contributed by atoms with Crippen LogP contribution in [0.2, 0.25) is 0 Å². The second-order valence-electron chi connectivity index (χ2n) is 9.72. The second-order valence-corrected chi connectivity index (χ2v) is 9.72. The summed E-state index contributed by atoms with van der Waals surface area (Å²) in [6, 6.07) is 13.7. The maximum atomic E-state index is 13.3. The van der Waals surface area contributed by atoms with Crippen LogP contribution in [-0.2, 0) is 4.79 Å². The molecule has 0 unspecified atom stereocenters. The predicted molar refractivity (Wildman–Crippen MR) is 136 cm³/mol. The number of nitrogens with one attached hydrogen (secondary N) is 2. The zero-order chi connectivity index (χ0) is 25.5. The van der Waals surface area contributed by atoms with Crippen molar-refractivity contribution in [1.82, 2.24) is 15.5 Å². The van der Waals surface area contributed by atoms with Gasteiger partial charge in [0.15, 0.2) is 0 Å². The van der Waals surface area contributed by atoms with Gasteiger partial charge in [0.2, 0.25) is 5.91 Å². The van der Waals surface area contributed by atoms with Gasteiger partial charge in [0.05, 0.1) is 7.11 Å². The Bertz CT molecular complexity index is 1030. The normalized spacial score (nSPS) is 15.9. The Morgan fingerprint density at radius 3 is 2.17 bits per heavy atom. The van der Waals surface area contributed by atoms with Gasteiger partial charge in [0, 0.05) is 30.3 Å². The van der Waals surface area contributed by atoms with Crippen LogP contribution in [0.15, 0.2) is 48.5 Å². The highest BCUT2D eigenvalue weighted by Gasteiger charge is 2.35. The average Bonchev–Trinajstić information content (AvgIpc) is 2.86. The van der Waals surface area contributed by atoms with Gasteiger partial charge in [-0.2, -0.15) is 0 Å². The van der Waals surface area contributed by atoms with Crippen molar-refractivity contribution in [1.29, 1.82) is 0 Å². The van der Waals surface area contributed by atoms with Crippen molar-refractivity contribution in [3.05, 3.63) is 65.2 Å². The van der Waals surface area contributed by atoms with E-state index < -0.39 is 6.04 Å². The summed E-state index contributed by atoms with van der Waals surface area (Å²) in [5.41, 5.74) is 2.19. The van der Waals surface area contributed by atoms with E-state index in [2.05, 4.69) is 10.6 Å². The first-order valence-corrected chi connectivity index (χ1v) is 12.3. The molecule has 1 heterocycles. The van der Waals surface area contributed by atoms with Gasteiger partial charge in [0.1, 0.15) is 11.8 Å². The molecule has 2 atom stereocenters. The molecule has 35 heavy (non-hydrogen) atoms. The largest absolute Gasteiger partial charge is 0.497 e. The Morgan fingerprint density at radius 1 is 0.943 bits per heavy atom. The zero-order valence-corrected chi connectivity index (χ0v) is 21.3. The third-order valence-electron chi connectivity index (χ3n) is 6.85. The molecular formula is C28H37N3O4.